The van der Waals surface area contributed by atoms with E-state index in [1.807, 2.05) is 55.5 Å². The maximum Gasteiger partial charge on any atom is 0.256 e. The Morgan fingerprint density at radius 3 is 2.72 bits per heavy atom. The normalized spacial score (nSPS) is 12.3. The SMILES string of the molecule is Cc1cc(C)n2c(SCC(=O)N[C@@H](C)c3ccc(Cl)cc3)nnc2n1. The third-order valence-corrected chi connectivity index (χ3v) is 4.92. The first-order valence-electron chi connectivity index (χ1n) is 7.81. The van der Waals surface area contributed by atoms with Crippen molar-refractivity contribution in [3.63, 3.8) is 0 Å². The van der Waals surface area contributed by atoms with Gasteiger partial charge in [-0.1, -0.05) is 35.5 Å². The van der Waals surface area contributed by atoms with Gasteiger partial charge in [-0.15, -0.1) is 10.2 Å². The van der Waals surface area contributed by atoms with Crippen LogP contribution < -0.4 is 5.32 Å². The summed E-state index contributed by atoms with van der Waals surface area (Å²) in [6, 6.07) is 9.31. The first kappa shape index (κ1) is 17.7. The Morgan fingerprint density at radius 1 is 1.28 bits per heavy atom. The maximum absolute atomic E-state index is 12.2. The van der Waals surface area contributed by atoms with E-state index in [0.717, 1.165) is 17.0 Å². The molecule has 3 aromatic rings. The zero-order valence-electron chi connectivity index (χ0n) is 14.2. The Labute approximate surface area is 155 Å². The van der Waals surface area contributed by atoms with Gasteiger partial charge in [-0.2, -0.15) is 0 Å². The summed E-state index contributed by atoms with van der Waals surface area (Å²) < 4.78 is 1.85. The van der Waals surface area contributed by atoms with Crippen molar-refractivity contribution >= 4 is 35.0 Å². The molecule has 0 spiro atoms. The molecule has 0 bridgehead atoms. The fraction of sp³-hybridized carbons (Fsp3) is 0.294. The third-order valence-electron chi connectivity index (χ3n) is 3.74. The van der Waals surface area contributed by atoms with E-state index in [1.165, 1.54) is 11.8 Å². The highest BCUT2D eigenvalue weighted by atomic mass is 35.5. The quantitative estimate of drug-likeness (QED) is 0.692. The number of carbonyl (C=O) groups is 1. The number of hydrogen-bond donors (Lipinski definition) is 1. The van der Waals surface area contributed by atoms with Crippen LogP contribution in [0.25, 0.3) is 5.78 Å². The average Bonchev–Trinajstić information content (AvgIpc) is 2.96. The topological polar surface area (TPSA) is 72.2 Å². The van der Waals surface area contributed by atoms with Gasteiger partial charge in [-0.25, -0.2) is 4.98 Å². The second kappa shape index (κ2) is 7.41. The second-order valence-corrected chi connectivity index (χ2v) is 7.17. The maximum atomic E-state index is 12.2. The zero-order chi connectivity index (χ0) is 18.0. The first-order chi connectivity index (χ1) is 11.9. The summed E-state index contributed by atoms with van der Waals surface area (Å²) in [6.07, 6.45) is 0. The summed E-state index contributed by atoms with van der Waals surface area (Å²) in [4.78, 5) is 16.6. The van der Waals surface area contributed by atoms with Gasteiger partial charge in [0.2, 0.25) is 5.91 Å². The Hall–Kier alpha value is -2.12. The van der Waals surface area contributed by atoms with Crippen LogP contribution in [-0.4, -0.2) is 31.2 Å². The number of hydrogen-bond acceptors (Lipinski definition) is 5. The number of carbonyl (C=O) groups excluding carboxylic acids is 1. The van der Waals surface area contributed by atoms with Crippen LogP contribution >= 0.6 is 23.4 Å². The van der Waals surface area contributed by atoms with Crippen molar-refractivity contribution in [2.75, 3.05) is 5.75 Å². The molecule has 2 aromatic heterocycles. The van der Waals surface area contributed by atoms with Gasteiger partial charge in [0.15, 0.2) is 5.16 Å². The van der Waals surface area contributed by atoms with Gasteiger partial charge < -0.3 is 5.32 Å². The predicted molar refractivity (Wildman–Crippen MR) is 99.0 cm³/mol. The van der Waals surface area contributed by atoms with E-state index < -0.39 is 0 Å². The number of aromatic nitrogens is 4. The highest BCUT2D eigenvalue weighted by molar-refractivity contribution is 7.99. The van der Waals surface area contributed by atoms with Crippen molar-refractivity contribution in [1.29, 1.82) is 0 Å². The van der Waals surface area contributed by atoms with Crippen molar-refractivity contribution in [3.05, 3.63) is 52.3 Å². The molecule has 8 heteroatoms. The number of fused-ring (bicyclic) bond motifs is 1. The van der Waals surface area contributed by atoms with Crippen molar-refractivity contribution in [1.82, 2.24) is 24.9 Å². The lowest BCUT2D eigenvalue weighted by Gasteiger charge is -2.14. The number of nitrogens with zero attached hydrogens (tertiary/aromatic N) is 4. The van der Waals surface area contributed by atoms with Crippen LogP contribution in [0.15, 0.2) is 35.5 Å². The minimum absolute atomic E-state index is 0.0677. The van der Waals surface area contributed by atoms with E-state index in [9.17, 15) is 4.79 Å². The van der Waals surface area contributed by atoms with Gasteiger partial charge in [-0.3, -0.25) is 9.20 Å². The summed E-state index contributed by atoms with van der Waals surface area (Å²) in [5, 5.41) is 12.5. The van der Waals surface area contributed by atoms with Crippen molar-refractivity contribution < 1.29 is 4.79 Å². The van der Waals surface area contributed by atoms with Crippen LogP contribution in [0.3, 0.4) is 0 Å². The number of nitrogens with one attached hydrogen (secondary N) is 1. The summed E-state index contributed by atoms with van der Waals surface area (Å²) in [5.74, 6) is 0.739. The Kier molecular flexibility index (Phi) is 5.24. The molecule has 0 saturated carbocycles. The molecule has 0 unspecified atom stereocenters. The Morgan fingerprint density at radius 2 is 2.00 bits per heavy atom. The van der Waals surface area contributed by atoms with Crippen LogP contribution in [0.5, 0.6) is 0 Å². The minimum Gasteiger partial charge on any atom is -0.349 e. The number of aryl methyl sites for hydroxylation is 2. The van der Waals surface area contributed by atoms with Crippen LogP contribution in [0.1, 0.15) is 29.9 Å². The fourth-order valence-corrected chi connectivity index (χ4v) is 3.46. The predicted octanol–water partition coefficient (Wildman–Crippen LogP) is 3.36. The molecule has 0 aliphatic heterocycles. The Bertz CT molecular complexity index is 909. The molecule has 0 aliphatic rings. The lowest BCUT2D eigenvalue weighted by atomic mass is 10.1. The molecule has 1 N–H and O–H groups in total. The molecule has 0 saturated heterocycles. The van der Waals surface area contributed by atoms with Crippen molar-refractivity contribution in [3.8, 4) is 0 Å². The molecular formula is C17H18ClN5OS. The highest BCUT2D eigenvalue weighted by Gasteiger charge is 2.14. The van der Waals surface area contributed by atoms with Gasteiger partial charge in [0.25, 0.3) is 5.78 Å². The number of halogens is 1. The molecule has 1 amide bonds. The standard InChI is InChI=1S/C17H18ClN5OS/c1-10-8-11(2)23-16(19-10)21-22-17(23)25-9-15(24)20-12(3)13-4-6-14(18)7-5-13/h4-8,12H,9H2,1-3H3,(H,20,24)/t12-/m0/s1. The molecule has 0 fully saturated rings. The van der Waals surface area contributed by atoms with Crippen LogP contribution in [0, 0.1) is 13.8 Å². The van der Waals surface area contributed by atoms with Crippen LogP contribution in [-0.2, 0) is 4.79 Å². The highest BCUT2D eigenvalue weighted by Crippen LogP contribution is 2.20. The number of rotatable bonds is 5. The van der Waals surface area contributed by atoms with E-state index in [-0.39, 0.29) is 17.7 Å². The molecule has 3 rings (SSSR count). The summed E-state index contributed by atoms with van der Waals surface area (Å²) in [7, 11) is 0. The Balaban J connectivity index is 1.63. The minimum atomic E-state index is -0.0911. The molecule has 1 atom stereocenters. The molecule has 130 valence electrons. The van der Waals surface area contributed by atoms with Crippen LogP contribution in [0.4, 0.5) is 0 Å². The average molecular weight is 376 g/mol. The van der Waals surface area contributed by atoms with E-state index in [2.05, 4.69) is 20.5 Å². The fourth-order valence-electron chi connectivity index (χ4n) is 2.54. The molecule has 1 aromatic carbocycles. The largest absolute Gasteiger partial charge is 0.349 e. The molecular weight excluding hydrogens is 358 g/mol. The third kappa shape index (κ3) is 4.11. The lowest BCUT2D eigenvalue weighted by molar-refractivity contribution is -0.119. The van der Waals surface area contributed by atoms with Gasteiger partial charge in [0.1, 0.15) is 0 Å². The van der Waals surface area contributed by atoms with Gasteiger partial charge in [0, 0.05) is 16.4 Å². The summed E-state index contributed by atoms with van der Waals surface area (Å²) in [6.45, 7) is 5.83. The molecule has 25 heavy (non-hydrogen) atoms. The van der Waals surface area contributed by atoms with Crippen molar-refractivity contribution in [2.24, 2.45) is 0 Å². The zero-order valence-corrected chi connectivity index (χ0v) is 15.7. The molecule has 2 heterocycles. The van der Waals surface area contributed by atoms with E-state index >= 15 is 0 Å². The number of benzene rings is 1. The molecule has 0 radical (unpaired) electrons. The van der Waals surface area contributed by atoms with E-state index in [0.29, 0.717) is 16.0 Å². The van der Waals surface area contributed by atoms with E-state index in [4.69, 9.17) is 11.6 Å². The number of thioether (sulfide) groups is 1. The number of amides is 1. The molecule has 6 nitrogen and oxygen atoms in total. The summed E-state index contributed by atoms with van der Waals surface area (Å²) >= 11 is 7.23. The van der Waals surface area contributed by atoms with E-state index in [1.54, 1.807) is 0 Å². The summed E-state index contributed by atoms with van der Waals surface area (Å²) in [5.41, 5.74) is 2.89. The van der Waals surface area contributed by atoms with Gasteiger partial charge >= 0.3 is 0 Å². The second-order valence-electron chi connectivity index (χ2n) is 5.79. The van der Waals surface area contributed by atoms with Gasteiger partial charge in [0.05, 0.1) is 11.8 Å². The first-order valence-corrected chi connectivity index (χ1v) is 9.17. The van der Waals surface area contributed by atoms with Gasteiger partial charge in [-0.05, 0) is 44.5 Å². The smallest absolute Gasteiger partial charge is 0.256 e. The van der Waals surface area contributed by atoms with Crippen molar-refractivity contribution in [2.45, 2.75) is 32.0 Å². The molecule has 0 aliphatic carbocycles. The van der Waals surface area contributed by atoms with Crippen LogP contribution in [0.2, 0.25) is 5.02 Å². The monoisotopic (exact) mass is 375 g/mol. The lowest BCUT2D eigenvalue weighted by Crippen LogP contribution is -2.28.